The molecule has 0 aromatic heterocycles. The topological polar surface area (TPSA) is 40.5 Å². The molecule has 0 saturated heterocycles. The standard InChI is InChI=1S/C13H17F2NO2/c1-2-16(8-4-3-5-13(17)18)10-6-7-11(14)12(15)9-10/h6-7,9H,2-5,8H2,1H3,(H,17,18). The van der Waals surface area contributed by atoms with Gasteiger partial charge in [-0.1, -0.05) is 0 Å². The second-order valence-corrected chi connectivity index (χ2v) is 4.03. The van der Waals surface area contributed by atoms with Crippen LogP contribution in [0, 0.1) is 11.6 Å². The number of aliphatic carboxylic acids is 1. The van der Waals surface area contributed by atoms with E-state index in [1.807, 2.05) is 11.8 Å². The fourth-order valence-corrected chi connectivity index (χ4v) is 1.73. The highest BCUT2D eigenvalue weighted by Crippen LogP contribution is 2.18. The minimum atomic E-state index is -0.864. The van der Waals surface area contributed by atoms with E-state index in [1.165, 1.54) is 6.07 Å². The molecule has 18 heavy (non-hydrogen) atoms. The molecule has 0 atom stereocenters. The van der Waals surface area contributed by atoms with Crippen LogP contribution in [0.15, 0.2) is 18.2 Å². The molecule has 0 radical (unpaired) electrons. The molecule has 100 valence electrons. The molecule has 5 heteroatoms. The Bertz CT molecular complexity index is 410. The zero-order chi connectivity index (χ0) is 13.5. The maximum Gasteiger partial charge on any atom is 0.303 e. The van der Waals surface area contributed by atoms with Crippen molar-refractivity contribution in [3.8, 4) is 0 Å². The van der Waals surface area contributed by atoms with Gasteiger partial charge in [0, 0.05) is 31.3 Å². The largest absolute Gasteiger partial charge is 0.481 e. The molecule has 0 saturated carbocycles. The number of anilines is 1. The highest BCUT2D eigenvalue weighted by molar-refractivity contribution is 5.66. The van der Waals surface area contributed by atoms with E-state index in [2.05, 4.69) is 0 Å². The zero-order valence-corrected chi connectivity index (χ0v) is 10.3. The summed E-state index contributed by atoms with van der Waals surface area (Å²) in [5.41, 5.74) is 0.617. The predicted octanol–water partition coefficient (Wildman–Crippen LogP) is 3.05. The molecule has 1 rings (SSSR count). The normalized spacial score (nSPS) is 10.4. The van der Waals surface area contributed by atoms with Crippen LogP contribution in [0.2, 0.25) is 0 Å². The van der Waals surface area contributed by atoms with Crippen LogP contribution in [0.25, 0.3) is 0 Å². The second-order valence-electron chi connectivity index (χ2n) is 4.03. The van der Waals surface area contributed by atoms with Crippen LogP contribution < -0.4 is 4.90 Å². The summed E-state index contributed by atoms with van der Waals surface area (Å²) in [7, 11) is 0. The van der Waals surface area contributed by atoms with Gasteiger partial charge >= 0.3 is 5.97 Å². The first kappa shape index (κ1) is 14.4. The van der Waals surface area contributed by atoms with Gasteiger partial charge in [-0.3, -0.25) is 4.79 Å². The average molecular weight is 257 g/mol. The fraction of sp³-hybridized carbons (Fsp3) is 0.462. The Hall–Kier alpha value is -1.65. The van der Waals surface area contributed by atoms with Crippen molar-refractivity contribution in [1.29, 1.82) is 0 Å². The van der Waals surface area contributed by atoms with E-state index in [4.69, 9.17) is 5.11 Å². The van der Waals surface area contributed by atoms with Gasteiger partial charge in [0.1, 0.15) is 0 Å². The summed E-state index contributed by atoms with van der Waals surface area (Å²) in [6.07, 6.45) is 1.42. The summed E-state index contributed by atoms with van der Waals surface area (Å²) in [6, 6.07) is 3.79. The van der Waals surface area contributed by atoms with E-state index in [-0.39, 0.29) is 6.42 Å². The van der Waals surface area contributed by atoms with Gasteiger partial charge in [-0.15, -0.1) is 0 Å². The minimum Gasteiger partial charge on any atom is -0.481 e. The van der Waals surface area contributed by atoms with Gasteiger partial charge in [-0.2, -0.15) is 0 Å². The number of carboxylic acids is 1. The predicted molar refractivity (Wildman–Crippen MR) is 65.7 cm³/mol. The molecule has 0 bridgehead atoms. The first-order valence-electron chi connectivity index (χ1n) is 5.96. The number of carboxylic acid groups (broad SMARTS) is 1. The van der Waals surface area contributed by atoms with Gasteiger partial charge in [0.2, 0.25) is 0 Å². The van der Waals surface area contributed by atoms with Gasteiger partial charge in [0.05, 0.1) is 0 Å². The molecule has 1 aromatic rings. The number of halogens is 2. The first-order valence-corrected chi connectivity index (χ1v) is 5.96. The lowest BCUT2D eigenvalue weighted by Gasteiger charge is -2.23. The summed E-state index contributed by atoms with van der Waals surface area (Å²) >= 11 is 0. The molecular weight excluding hydrogens is 240 g/mol. The van der Waals surface area contributed by atoms with Crippen molar-refractivity contribution >= 4 is 11.7 Å². The van der Waals surface area contributed by atoms with E-state index in [0.717, 1.165) is 12.1 Å². The summed E-state index contributed by atoms with van der Waals surface area (Å²) < 4.78 is 25.9. The van der Waals surface area contributed by atoms with Crippen LogP contribution in [-0.2, 0) is 4.79 Å². The smallest absolute Gasteiger partial charge is 0.303 e. The second kappa shape index (κ2) is 6.93. The van der Waals surface area contributed by atoms with Crippen molar-refractivity contribution in [2.75, 3.05) is 18.0 Å². The molecular formula is C13H17F2NO2. The third-order valence-corrected chi connectivity index (χ3v) is 2.72. The first-order chi connectivity index (χ1) is 8.54. The highest BCUT2D eigenvalue weighted by Gasteiger charge is 2.08. The van der Waals surface area contributed by atoms with Crippen molar-refractivity contribution in [1.82, 2.24) is 0 Å². The van der Waals surface area contributed by atoms with Crippen molar-refractivity contribution in [3.63, 3.8) is 0 Å². The maximum atomic E-state index is 13.1. The average Bonchev–Trinajstić information content (AvgIpc) is 2.33. The summed E-state index contributed by atoms with van der Waals surface area (Å²) in [4.78, 5) is 12.3. The lowest BCUT2D eigenvalue weighted by Crippen LogP contribution is -2.24. The van der Waals surface area contributed by atoms with Crippen LogP contribution in [0.1, 0.15) is 26.2 Å². The molecule has 1 aromatic carbocycles. The molecule has 1 N–H and O–H groups in total. The number of rotatable bonds is 7. The van der Waals surface area contributed by atoms with Gasteiger partial charge < -0.3 is 10.0 Å². The van der Waals surface area contributed by atoms with Crippen LogP contribution in [0.5, 0.6) is 0 Å². The van der Waals surface area contributed by atoms with Crippen LogP contribution in [0.3, 0.4) is 0 Å². The Kier molecular flexibility index (Phi) is 5.55. The van der Waals surface area contributed by atoms with E-state index in [1.54, 1.807) is 0 Å². The van der Waals surface area contributed by atoms with E-state index in [9.17, 15) is 13.6 Å². The number of nitrogens with zero attached hydrogens (tertiary/aromatic N) is 1. The number of hydrogen-bond donors (Lipinski definition) is 1. The fourth-order valence-electron chi connectivity index (χ4n) is 1.73. The van der Waals surface area contributed by atoms with Crippen LogP contribution in [-0.4, -0.2) is 24.2 Å². The lowest BCUT2D eigenvalue weighted by atomic mass is 10.2. The molecule has 0 aliphatic carbocycles. The zero-order valence-electron chi connectivity index (χ0n) is 10.3. The van der Waals surface area contributed by atoms with E-state index in [0.29, 0.717) is 31.6 Å². The number of unbranched alkanes of at least 4 members (excludes halogenated alkanes) is 1. The van der Waals surface area contributed by atoms with Crippen LogP contribution >= 0.6 is 0 Å². The molecule has 0 heterocycles. The Morgan fingerprint density at radius 1 is 1.28 bits per heavy atom. The van der Waals surface area contributed by atoms with Gasteiger partial charge in [-0.05, 0) is 31.9 Å². The van der Waals surface area contributed by atoms with Gasteiger partial charge in [-0.25, -0.2) is 8.78 Å². The molecule has 0 aliphatic rings. The van der Waals surface area contributed by atoms with Gasteiger partial charge in [0.15, 0.2) is 11.6 Å². The third-order valence-electron chi connectivity index (χ3n) is 2.72. The summed E-state index contributed by atoms with van der Waals surface area (Å²) in [6.45, 7) is 3.21. The lowest BCUT2D eigenvalue weighted by molar-refractivity contribution is -0.137. The Morgan fingerprint density at radius 2 is 2.00 bits per heavy atom. The molecule has 0 spiro atoms. The third kappa shape index (κ3) is 4.31. The van der Waals surface area contributed by atoms with Crippen molar-refractivity contribution in [3.05, 3.63) is 29.8 Å². The van der Waals surface area contributed by atoms with E-state index < -0.39 is 17.6 Å². The highest BCUT2D eigenvalue weighted by atomic mass is 19.2. The Morgan fingerprint density at radius 3 is 2.56 bits per heavy atom. The summed E-state index contributed by atoms with van der Waals surface area (Å²) in [5, 5.41) is 8.52. The SMILES string of the molecule is CCN(CCCCC(=O)O)c1ccc(F)c(F)c1. The van der Waals surface area contributed by atoms with E-state index >= 15 is 0 Å². The van der Waals surface area contributed by atoms with Crippen molar-refractivity contribution < 1.29 is 18.7 Å². The van der Waals surface area contributed by atoms with Crippen LogP contribution in [0.4, 0.5) is 14.5 Å². The van der Waals surface area contributed by atoms with Gasteiger partial charge in [0.25, 0.3) is 0 Å². The Balaban J connectivity index is 2.54. The number of benzene rings is 1. The molecule has 3 nitrogen and oxygen atoms in total. The summed E-state index contributed by atoms with van der Waals surface area (Å²) in [5.74, 6) is -2.54. The number of carbonyl (C=O) groups is 1. The van der Waals surface area contributed by atoms with Crippen molar-refractivity contribution in [2.24, 2.45) is 0 Å². The Labute approximate surface area is 105 Å². The maximum absolute atomic E-state index is 13.1. The molecule has 0 aliphatic heterocycles. The quantitative estimate of drug-likeness (QED) is 0.763. The number of hydrogen-bond acceptors (Lipinski definition) is 2. The monoisotopic (exact) mass is 257 g/mol. The molecule has 0 amide bonds. The molecule has 0 fully saturated rings. The minimum absolute atomic E-state index is 0.134. The molecule has 0 unspecified atom stereocenters. The van der Waals surface area contributed by atoms with Crippen molar-refractivity contribution in [2.45, 2.75) is 26.2 Å².